The van der Waals surface area contributed by atoms with Gasteiger partial charge in [0.15, 0.2) is 5.96 Å². The number of guanidine groups is 1. The molecule has 0 bridgehead atoms. The van der Waals surface area contributed by atoms with Crippen LogP contribution in [-0.2, 0) is 4.79 Å². The smallest absolute Gasteiger partial charge is 0.220 e. The number of ether oxygens (including phenoxy) is 1. The van der Waals surface area contributed by atoms with Gasteiger partial charge in [-0.2, -0.15) is 0 Å². The predicted octanol–water partition coefficient (Wildman–Crippen LogP) is 4.46. The van der Waals surface area contributed by atoms with Crippen LogP contribution in [-0.4, -0.2) is 36.5 Å². The number of aliphatic imine (C=N–C) groups is 1. The fourth-order valence-corrected chi connectivity index (χ4v) is 3.89. The number of carbonyl (C=O) groups excluding carboxylic acids is 1. The van der Waals surface area contributed by atoms with Crippen LogP contribution in [0.4, 0.5) is 0 Å². The van der Waals surface area contributed by atoms with Crippen LogP contribution in [0, 0.1) is 6.92 Å². The number of unbranched alkanes of at least 4 members (excludes halogenated alkanes) is 3. The van der Waals surface area contributed by atoms with Gasteiger partial charge in [-0.05, 0) is 62.1 Å². The second-order valence-electron chi connectivity index (χ2n) is 8.10. The fourth-order valence-electron chi connectivity index (χ4n) is 3.73. The number of hydrogen-bond acceptors (Lipinski definition) is 4. The minimum atomic E-state index is 0.0427. The molecule has 8 heteroatoms. The van der Waals surface area contributed by atoms with Gasteiger partial charge in [-0.25, -0.2) is 4.98 Å². The highest BCUT2D eigenvalue weighted by molar-refractivity contribution is 6.31. The highest BCUT2D eigenvalue weighted by Crippen LogP contribution is 2.29. The van der Waals surface area contributed by atoms with Crippen molar-refractivity contribution >= 4 is 45.3 Å². The molecule has 3 rings (SSSR count). The quantitative estimate of drug-likeness (QED) is 0.157. The molecule has 176 valence electrons. The number of nitrogens with two attached hydrogens (primary N) is 2. The van der Waals surface area contributed by atoms with Crippen LogP contribution in [0.15, 0.2) is 41.4 Å². The molecule has 1 aromatic heterocycles. The van der Waals surface area contributed by atoms with E-state index >= 15 is 0 Å². The summed E-state index contributed by atoms with van der Waals surface area (Å²) >= 11 is 6.11. The van der Waals surface area contributed by atoms with Crippen LogP contribution in [0.5, 0.6) is 5.75 Å². The summed E-state index contributed by atoms with van der Waals surface area (Å²) in [6, 6.07) is 11.8. The third-order valence-corrected chi connectivity index (χ3v) is 5.73. The first-order chi connectivity index (χ1) is 15.9. The first-order valence-corrected chi connectivity index (χ1v) is 11.8. The molecule has 2 aromatic carbocycles. The lowest BCUT2D eigenvalue weighted by atomic mass is 10.0. The van der Waals surface area contributed by atoms with E-state index < -0.39 is 0 Å². The van der Waals surface area contributed by atoms with E-state index in [1.54, 1.807) is 0 Å². The number of benzene rings is 2. The second kappa shape index (κ2) is 12.3. The van der Waals surface area contributed by atoms with E-state index in [0.717, 1.165) is 53.2 Å². The fraction of sp³-hybridized carbons (Fsp3) is 0.400. The standard InChI is InChI=1S/C25H32ClN5O2/c1-17-20-10-8-18(26)15-23(20)31-22-11-9-19(16-21(17)22)33-14-5-3-2-4-12-29-24(32)7-6-13-30-25(27)28/h8-11,15-16H,2-7,12-14H2,1H3,(H,29,32)(H4,27,28,30). The van der Waals surface area contributed by atoms with Crippen molar-refractivity contribution in [3.8, 4) is 5.75 Å². The minimum Gasteiger partial charge on any atom is -0.494 e. The molecule has 3 aromatic rings. The Morgan fingerprint density at radius 2 is 1.85 bits per heavy atom. The van der Waals surface area contributed by atoms with Gasteiger partial charge >= 0.3 is 0 Å². The molecule has 0 fully saturated rings. The molecule has 0 atom stereocenters. The summed E-state index contributed by atoms with van der Waals surface area (Å²) in [5.41, 5.74) is 13.5. The Labute approximate surface area is 199 Å². The number of nitrogens with zero attached hydrogens (tertiary/aromatic N) is 2. The van der Waals surface area contributed by atoms with Gasteiger partial charge in [-0.1, -0.05) is 30.5 Å². The number of halogens is 1. The summed E-state index contributed by atoms with van der Waals surface area (Å²) in [7, 11) is 0. The highest BCUT2D eigenvalue weighted by Gasteiger charge is 2.08. The molecule has 0 saturated carbocycles. The largest absolute Gasteiger partial charge is 0.494 e. The lowest BCUT2D eigenvalue weighted by molar-refractivity contribution is -0.121. The zero-order valence-electron chi connectivity index (χ0n) is 19.1. The van der Waals surface area contributed by atoms with Crippen LogP contribution in [0.25, 0.3) is 21.8 Å². The lowest BCUT2D eigenvalue weighted by Crippen LogP contribution is -2.25. The zero-order valence-corrected chi connectivity index (χ0v) is 19.8. The van der Waals surface area contributed by atoms with Gasteiger partial charge in [-0.3, -0.25) is 9.79 Å². The molecule has 7 nitrogen and oxygen atoms in total. The minimum absolute atomic E-state index is 0.0427. The average Bonchev–Trinajstić information content (AvgIpc) is 2.78. The number of hydrogen-bond donors (Lipinski definition) is 3. The molecule has 0 unspecified atom stereocenters. The van der Waals surface area contributed by atoms with Crippen LogP contribution in [0.3, 0.4) is 0 Å². The van der Waals surface area contributed by atoms with Crippen molar-refractivity contribution in [3.05, 3.63) is 47.0 Å². The number of aromatic nitrogens is 1. The van der Waals surface area contributed by atoms with Gasteiger partial charge < -0.3 is 21.5 Å². The summed E-state index contributed by atoms with van der Waals surface area (Å²) in [4.78, 5) is 20.3. The molecule has 0 aliphatic rings. The lowest BCUT2D eigenvalue weighted by Gasteiger charge is -2.11. The summed E-state index contributed by atoms with van der Waals surface area (Å²) in [5, 5.41) is 5.82. The number of rotatable bonds is 12. The zero-order chi connectivity index (χ0) is 23.6. The number of aryl methyl sites for hydroxylation is 1. The monoisotopic (exact) mass is 469 g/mol. The number of pyridine rings is 1. The van der Waals surface area contributed by atoms with Crippen molar-refractivity contribution in [2.45, 2.75) is 45.4 Å². The molecule has 5 N–H and O–H groups in total. The molecular formula is C25H32ClN5O2. The van der Waals surface area contributed by atoms with Crippen LogP contribution >= 0.6 is 11.6 Å². The maximum absolute atomic E-state index is 11.7. The SMILES string of the molecule is Cc1c2ccc(Cl)cc2nc2ccc(OCCCCCCNC(=O)CCCN=C(N)N)cc12. The van der Waals surface area contributed by atoms with Crippen LogP contribution < -0.4 is 21.5 Å². The summed E-state index contributed by atoms with van der Waals surface area (Å²) in [6.07, 6.45) is 5.12. The Bertz CT molecular complexity index is 1130. The number of nitrogens with one attached hydrogen (secondary N) is 1. The van der Waals surface area contributed by atoms with E-state index in [1.807, 2.05) is 30.3 Å². The van der Waals surface area contributed by atoms with E-state index in [2.05, 4.69) is 23.3 Å². The molecule has 1 heterocycles. The van der Waals surface area contributed by atoms with Gasteiger partial charge in [0.2, 0.25) is 5.91 Å². The van der Waals surface area contributed by atoms with Crippen molar-refractivity contribution in [2.75, 3.05) is 19.7 Å². The molecule has 1 amide bonds. The molecule has 0 spiro atoms. The van der Waals surface area contributed by atoms with E-state index in [9.17, 15) is 4.79 Å². The first kappa shape index (κ1) is 24.6. The summed E-state index contributed by atoms with van der Waals surface area (Å²) < 4.78 is 5.97. The van der Waals surface area contributed by atoms with Crippen molar-refractivity contribution in [1.29, 1.82) is 0 Å². The normalized spacial score (nSPS) is 11.0. The molecule has 0 aliphatic carbocycles. The Balaban J connectivity index is 1.35. The third kappa shape index (κ3) is 7.49. The Morgan fingerprint density at radius 3 is 2.67 bits per heavy atom. The van der Waals surface area contributed by atoms with Gasteiger partial charge in [0.05, 0.1) is 17.6 Å². The summed E-state index contributed by atoms with van der Waals surface area (Å²) in [5.74, 6) is 0.960. The second-order valence-corrected chi connectivity index (χ2v) is 8.54. The molecular weight excluding hydrogens is 438 g/mol. The van der Waals surface area contributed by atoms with Crippen molar-refractivity contribution in [1.82, 2.24) is 10.3 Å². The van der Waals surface area contributed by atoms with Crippen LogP contribution in [0.1, 0.15) is 44.1 Å². The van der Waals surface area contributed by atoms with Crippen LogP contribution in [0.2, 0.25) is 5.02 Å². The van der Waals surface area contributed by atoms with Gasteiger partial charge in [0.1, 0.15) is 5.75 Å². The maximum Gasteiger partial charge on any atom is 0.220 e. The average molecular weight is 470 g/mol. The van der Waals surface area contributed by atoms with E-state index in [1.165, 1.54) is 5.56 Å². The summed E-state index contributed by atoms with van der Waals surface area (Å²) in [6.45, 7) is 3.94. The Morgan fingerprint density at radius 1 is 1.03 bits per heavy atom. The van der Waals surface area contributed by atoms with Crippen molar-refractivity contribution in [2.24, 2.45) is 16.5 Å². The maximum atomic E-state index is 11.7. The molecule has 33 heavy (non-hydrogen) atoms. The van der Waals surface area contributed by atoms with Crippen molar-refractivity contribution in [3.63, 3.8) is 0 Å². The highest BCUT2D eigenvalue weighted by atomic mass is 35.5. The van der Waals surface area contributed by atoms with Crippen molar-refractivity contribution < 1.29 is 9.53 Å². The number of amides is 1. The van der Waals surface area contributed by atoms with E-state index in [0.29, 0.717) is 37.6 Å². The van der Waals surface area contributed by atoms with Gasteiger partial charge in [0.25, 0.3) is 0 Å². The molecule has 0 saturated heterocycles. The topological polar surface area (TPSA) is 116 Å². The first-order valence-electron chi connectivity index (χ1n) is 11.4. The number of fused-ring (bicyclic) bond motifs is 2. The number of carbonyl (C=O) groups is 1. The Hall–Kier alpha value is -3.06. The predicted molar refractivity (Wildman–Crippen MR) is 136 cm³/mol. The third-order valence-electron chi connectivity index (χ3n) is 5.50. The molecule has 0 aliphatic heterocycles. The van der Waals surface area contributed by atoms with E-state index in [-0.39, 0.29) is 11.9 Å². The Kier molecular flexibility index (Phi) is 9.13. The van der Waals surface area contributed by atoms with E-state index in [4.69, 9.17) is 32.8 Å². The van der Waals surface area contributed by atoms with Gasteiger partial charge in [0, 0.05) is 35.3 Å². The van der Waals surface area contributed by atoms with Gasteiger partial charge in [-0.15, -0.1) is 0 Å². The molecule has 0 radical (unpaired) electrons.